The molecule has 2 rings (SSSR count). The summed E-state index contributed by atoms with van der Waals surface area (Å²) in [6.45, 7) is 0. The summed E-state index contributed by atoms with van der Waals surface area (Å²) >= 11 is 0. The van der Waals surface area contributed by atoms with Crippen molar-refractivity contribution >= 4 is 17.6 Å². The van der Waals surface area contributed by atoms with Gasteiger partial charge in [-0.3, -0.25) is 14.9 Å². The van der Waals surface area contributed by atoms with Crippen molar-refractivity contribution in [3.8, 4) is 5.75 Å². The van der Waals surface area contributed by atoms with E-state index in [0.717, 1.165) is 0 Å². The molecule has 9 heteroatoms. The van der Waals surface area contributed by atoms with E-state index in [1.807, 2.05) is 6.07 Å². The predicted molar refractivity (Wildman–Crippen MR) is 103 cm³/mol. The second kappa shape index (κ2) is 10.2. The molecule has 0 saturated carbocycles. The molecule has 0 saturated heterocycles. The van der Waals surface area contributed by atoms with Crippen LogP contribution in [0.2, 0.25) is 0 Å². The molecule has 154 valence electrons. The van der Waals surface area contributed by atoms with Gasteiger partial charge in [0, 0.05) is 19.6 Å². The van der Waals surface area contributed by atoms with E-state index >= 15 is 0 Å². The number of benzene rings is 2. The van der Waals surface area contributed by atoms with Crippen LogP contribution in [0.15, 0.2) is 48.5 Å². The van der Waals surface area contributed by atoms with Crippen LogP contribution in [-0.4, -0.2) is 44.2 Å². The average Bonchev–Trinajstić information content (AvgIpc) is 2.73. The summed E-state index contributed by atoms with van der Waals surface area (Å²) in [5.41, 5.74) is 0.845. The zero-order valence-corrected chi connectivity index (χ0v) is 16.3. The number of hydrogen-bond acceptors (Lipinski definition) is 7. The molecule has 9 nitrogen and oxygen atoms in total. The molecule has 1 amide bonds. The molecule has 0 radical (unpaired) electrons. The van der Waals surface area contributed by atoms with Crippen LogP contribution >= 0.6 is 0 Å². The number of esters is 1. The Morgan fingerprint density at radius 2 is 1.79 bits per heavy atom. The highest BCUT2D eigenvalue weighted by Gasteiger charge is 2.28. The second-order valence-electron chi connectivity index (χ2n) is 6.08. The largest absolute Gasteiger partial charge is 0.490 e. The highest BCUT2D eigenvalue weighted by Crippen LogP contribution is 2.28. The van der Waals surface area contributed by atoms with E-state index in [-0.39, 0.29) is 17.9 Å². The fourth-order valence-electron chi connectivity index (χ4n) is 2.85. The van der Waals surface area contributed by atoms with Gasteiger partial charge in [0.25, 0.3) is 5.91 Å². The Bertz CT molecular complexity index is 870. The number of rotatable bonds is 9. The minimum absolute atomic E-state index is 0.00548. The van der Waals surface area contributed by atoms with Gasteiger partial charge in [-0.25, -0.2) is 4.79 Å². The molecule has 0 aliphatic carbocycles. The molecule has 0 fully saturated rings. The first-order valence-electron chi connectivity index (χ1n) is 8.68. The van der Waals surface area contributed by atoms with Crippen molar-refractivity contribution in [2.24, 2.45) is 0 Å². The van der Waals surface area contributed by atoms with Crippen molar-refractivity contribution in [2.45, 2.75) is 18.6 Å². The van der Waals surface area contributed by atoms with Gasteiger partial charge in [-0.2, -0.15) is 0 Å². The van der Waals surface area contributed by atoms with Crippen LogP contribution in [0.1, 0.15) is 17.2 Å². The highest BCUT2D eigenvalue weighted by molar-refractivity contribution is 5.88. The zero-order valence-electron chi connectivity index (χ0n) is 16.3. The van der Waals surface area contributed by atoms with Gasteiger partial charge in [0.1, 0.15) is 6.04 Å². The van der Waals surface area contributed by atoms with Gasteiger partial charge in [0.05, 0.1) is 19.1 Å². The van der Waals surface area contributed by atoms with Crippen molar-refractivity contribution < 1.29 is 28.7 Å². The van der Waals surface area contributed by atoms with E-state index < -0.39 is 28.9 Å². The first kappa shape index (κ1) is 21.8. The molecule has 0 aliphatic heterocycles. The lowest BCUT2D eigenvalue weighted by Crippen LogP contribution is -2.45. The van der Waals surface area contributed by atoms with Crippen LogP contribution in [0.4, 0.5) is 5.69 Å². The van der Waals surface area contributed by atoms with Crippen LogP contribution in [0.3, 0.4) is 0 Å². The Hall–Kier alpha value is -3.46. The van der Waals surface area contributed by atoms with E-state index in [0.29, 0.717) is 11.1 Å². The molecular weight excluding hydrogens is 380 g/mol. The molecule has 0 aliphatic rings. The summed E-state index contributed by atoms with van der Waals surface area (Å²) in [5.74, 6) is -1.11. The number of ether oxygens (including phenoxy) is 3. The summed E-state index contributed by atoms with van der Waals surface area (Å²) in [7, 11) is 3.91. The quantitative estimate of drug-likeness (QED) is 0.388. The van der Waals surface area contributed by atoms with Crippen molar-refractivity contribution in [1.82, 2.24) is 5.32 Å². The maximum absolute atomic E-state index is 12.7. The Morgan fingerprint density at radius 1 is 1.10 bits per heavy atom. The smallest absolute Gasteiger partial charge is 0.328 e. The highest BCUT2D eigenvalue weighted by atomic mass is 16.6. The van der Waals surface area contributed by atoms with E-state index in [1.165, 1.54) is 33.5 Å². The summed E-state index contributed by atoms with van der Waals surface area (Å²) < 4.78 is 15.0. The molecule has 2 aromatic rings. The minimum atomic E-state index is -1.05. The molecule has 0 unspecified atom stereocenters. The van der Waals surface area contributed by atoms with Crippen LogP contribution in [-0.2, 0) is 25.5 Å². The van der Waals surface area contributed by atoms with Gasteiger partial charge in [0.15, 0.2) is 11.9 Å². The van der Waals surface area contributed by atoms with E-state index in [1.54, 1.807) is 30.3 Å². The lowest BCUT2D eigenvalue weighted by Gasteiger charge is -2.21. The molecular formula is C20H22N2O7. The molecule has 29 heavy (non-hydrogen) atoms. The van der Waals surface area contributed by atoms with Crippen LogP contribution in [0, 0.1) is 10.1 Å². The number of nitro benzene ring substituents is 1. The van der Waals surface area contributed by atoms with Crippen molar-refractivity contribution in [2.75, 3.05) is 21.3 Å². The minimum Gasteiger partial charge on any atom is -0.490 e. The first-order valence-corrected chi connectivity index (χ1v) is 8.68. The first-order chi connectivity index (χ1) is 13.9. The van der Waals surface area contributed by atoms with Crippen molar-refractivity contribution in [1.29, 1.82) is 0 Å². The third-order valence-electron chi connectivity index (χ3n) is 4.26. The zero-order chi connectivity index (χ0) is 21.4. The third-order valence-corrected chi connectivity index (χ3v) is 4.26. The van der Waals surface area contributed by atoms with Crippen LogP contribution < -0.4 is 10.1 Å². The van der Waals surface area contributed by atoms with E-state index in [4.69, 9.17) is 14.2 Å². The molecule has 1 N–H and O–H groups in total. The maximum Gasteiger partial charge on any atom is 0.328 e. The number of amides is 1. The maximum atomic E-state index is 12.7. The summed E-state index contributed by atoms with van der Waals surface area (Å²) in [4.78, 5) is 35.5. The van der Waals surface area contributed by atoms with E-state index in [2.05, 4.69) is 5.32 Å². The standard InChI is InChI=1S/C20H22N2O7/c1-27-17-10-9-13(12-16(17)22(25)26)11-15(20(24)29-3)21-19(23)18(28-2)14-7-5-4-6-8-14/h4-10,12,15,18H,11H2,1-3H3,(H,21,23)/t15-,18-/m1/s1. The lowest BCUT2D eigenvalue weighted by atomic mass is 10.0. The van der Waals surface area contributed by atoms with Gasteiger partial charge in [-0.05, 0) is 17.2 Å². The fourth-order valence-corrected chi connectivity index (χ4v) is 2.85. The number of carbonyl (C=O) groups is 2. The third kappa shape index (κ3) is 5.52. The number of methoxy groups -OCH3 is 3. The SMILES string of the molecule is COC(=O)[C@@H](Cc1ccc(OC)c([N+](=O)[O-])c1)NC(=O)[C@H](OC)c1ccccc1. The van der Waals surface area contributed by atoms with Gasteiger partial charge in [0.2, 0.25) is 0 Å². The molecule has 0 heterocycles. The van der Waals surface area contributed by atoms with Gasteiger partial charge in [-0.1, -0.05) is 36.4 Å². The molecule has 0 bridgehead atoms. The fraction of sp³-hybridized carbons (Fsp3) is 0.300. The average molecular weight is 402 g/mol. The molecule has 0 aromatic heterocycles. The monoisotopic (exact) mass is 402 g/mol. The number of nitrogens with one attached hydrogen (secondary N) is 1. The summed E-state index contributed by atoms with van der Waals surface area (Å²) in [6.07, 6.45) is -0.928. The Morgan fingerprint density at radius 3 is 2.34 bits per heavy atom. The second-order valence-corrected chi connectivity index (χ2v) is 6.08. The Balaban J connectivity index is 2.24. The van der Waals surface area contributed by atoms with Crippen molar-refractivity contribution in [3.63, 3.8) is 0 Å². The predicted octanol–water partition coefficient (Wildman–Crippen LogP) is 2.19. The Kier molecular flexibility index (Phi) is 7.67. The molecule has 2 atom stereocenters. The van der Waals surface area contributed by atoms with E-state index in [9.17, 15) is 19.7 Å². The number of nitro groups is 1. The number of carbonyl (C=O) groups excluding carboxylic acids is 2. The summed E-state index contributed by atoms with van der Waals surface area (Å²) in [5, 5.41) is 13.8. The number of hydrogen-bond donors (Lipinski definition) is 1. The van der Waals surface area contributed by atoms with Crippen LogP contribution in [0.5, 0.6) is 5.75 Å². The summed E-state index contributed by atoms with van der Waals surface area (Å²) in [6, 6.07) is 12.1. The molecule has 0 spiro atoms. The topological polar surface area (TPSA) is 117 Å². The Labute approximate surface area is 167 Å². The van der Waals surface area contributed by atoms with Gasteiger partial charge in [-0.15, -0.1) is 0 Å². The van der Waals surface area contributed by atoms with Gasteiger partial charge < -0.3 is 19.5 Å². The molecule has 2 aromatic carbocycles. The lowest BCUT2D eigenvalue weighted by molar-refractivity contribution is -0.385. The van der Waals surface area contributed by atoms with Gasteiger partial charge >= 0.3 is 11.7 Å². The van der Waals surface area contributed by atoms with Crippen molar-refractivity contribution in [3.05, 3.63) is 69.8 Å². The number of nitrogens with zero attached hydrogens (tertiary/aromatic N) is 1. The normalized spacial score (nSPS) is 12.5. The van der Waals surface area contributed by atoms with Crippen LogP contribution in [0.25, 0.3) is 0 Å².